The summed E-state index contributed by atoms with van der Waals surface area (Å²) in [5.41, 5.74) is -0.657. The number of hydrogen-bond donors (Lipinski definition) is 1. The normalized spacial score (nSPS) is 23.0. The summed E-state index contributed by atoms with van der Waals surface area (Å²) in [6.45, 7) is 7.53. The molecule has 1 rings (SSSR count). The lowest BCUT2D eigenvalue weighted by molar-refractivity contribution is -0.147. The lowest BCUT2D eigenvalue weighted by Crippen LogP contribution is -2.42. The molecule has 0 amide bonds. The summed E-state index contributed by atoms with van der Waals surface area (Å²) in [5.74, 6) is -0.0338. The van der Waals surface area contributed by atoms with E-state index in [4.69, 9.17) is 5.11 Å². The number of carboxylic acid groups (broad SMARTS) is 1. The van der Waals surface area contributed by atoms with Crippen molar-refractivity contribution >= 4 is 5.97 Å². The van der Waals surface area contributed by atoms with Crippen molar-refractivity contribution in [3.8, 4) is 0 Å². The molecular formula is C13H26N2O2. The average molecular weight is 242 g/mol. The van der Waals surface area contributed by atoms with E-state index in [2.05, 4.69) is 16.8 Å². The van der Waals surface area contributed by atoms with Crippen LogP contribution in [-0.4, -0.2) is 61.2 Å². The number of carbonyl (C=O) groups is 1. The second-order valence-electron chi connectivity index (χ2n) is 6.16. The maximum absolute atomic E-state index is 11.1. The fourth-order valence-corrected chi connectivity index (χ4v) is 2.67. The van der Waals surface area contributed by atoms with Gasteiger partial charge in [0.05, 0.1) is 5.41 Å². The monoisotopic (exact) mass is 242 g/mol. The van der Waals surface area contributed by atoms with E-state index in [1.807, 2.05) is 7.05 Å². The molecule has 1 heterocycles. The summed E-state index contributed by atoms with van der Waals surface area (Å²) in [6, 6.07) is 0. The summed E-state index contributed by atoms with van der Waals surface area (Å²) >= 11 is 0. The van der Waals surface area contributed by atoms with Crippen LogP contribution in [0.3, 0.4) is 0 Å². The van der Waals surface area contributed by atoms with Crippen LogP contribution in [0.25, 0.3) is 0 Å². The van der Waals surface area contributed by atoms with Crippen LogP contribution in [0.4, 0.5) is 0 Å². The number of carboxylic acids is 1. The lowest BCUT2D eigenvalue weighted by Gasteiger charge is -2.34. The molecule has 1 aliphatic rings. The Kier molecular flexibility index (Phi) is 4.95. The number of piperidine rings is 1. The highest BCUT2D eigenvalue weighted by atomic mass is 16.4. The average Bonchev–Trinajstić information content (AvgIpc) is 2.15. The van der Waals surface area contributed by atoms with Crippen molar-refractivity contribution in [3.05, 3.63) is 0 Å². The maximum Gasteiger partial charge on any atom is 0.310 e. The number of aliphatic carboxylic acids is 1. The van der Waals surface area contributed by atoms with Gasteiger partial charge in [0.15, 0.2) is 0 Å². The lowest BCUT2D eigenvalue weighted by atomic mass is 9.92. The van der Waals surface area contributed by atoms with E-state index in [-0.39, 0.29) is 0 Å². The minimum absolute atomic E-state index is 0.614. The molecule has 100 valence electrons. The van der Waals surface area contributed by atoms with Gasteiger partial charge in [0.25, 0.3) is 0 Å². The molecular weight excluding hydrogens is 216 g/mol. The molecule has 0 aliphatic carbocycles. The fourth-order valence-electron chi connectivity index (χ4n) is 2.67. The third-order valence-electron chi connectivity index (χ3n) is 3.54. The number of rotatable bonds is 5. The van der Waals surface area contributed by atoms with Crippen molar-refractivity contribution in [3.63, 3.8) is 0 Å². The first kappa shape index (κ1) is 14.5. The van der Waals surface area contributed by atoms with Crippen LogP contribution < -0.4 is 0 Å². The second-order valence-corrected chi connectivity index (χ2v) is 6.16. The molecule has 4 nitrogen and oxygen atoms in total. The molecule has 4 heteroatoms. The van der Waals surface area contributed by atoms with Crippen LogP contribution in [0.15, 0.2) is 0 Å². The Hall–Kier alpha value is -0.610. The number of hydrogen-bond acceptors (Lipinski definition) is 3. The van der Waals surface area contributed by atoms with Gasteiger partial charge in [-0.25, -0.2) is 0 Å². The topological polar surface area (TPSA) is 43.8 Å². The molecule has 1 aliphatic heterocycles. The molecule has 1 saturated heterocycles. The van der Waals surface area contributed by atoms with E-state index < -0.39 is 11.4 Å². The molecule has 0 spiro atoms. The van der Waals surface area contributed by atoms with E-state index in [1.54, 1.807) is 13.8 Å². The van der Waals surface area contributed by atoms with Crippen LogP contribution in [0.1, 0.15) is 26.7 Å². The Morgan fingerprint density at radius 3 is 2.71 bits per heavy atom. The van der Waals surface area contributed by atoms with Gasteiger partial charge in [-0.15, -0.1) is 0 Å². The first-order chi connectivity index (χ1) is 7.81. The van der Waals surface area contributed by atoms with Crippen molar-refractivity contribution in [1.29, 1.82) is 0 Å². The van der Waals surface area contributed by atoms with Crippen molar-refractivity contribution in [1.82, 2.24) is 9.80 Å². The molecule has 1 fully saturated rings. The van der Waals surface area contributed by atoms with Crippen molar-refractivity contribution in [2.45, 2.75) is 26.7 Å². The van der Waals surface area contributed by atoms with Gasteiger partial charge in [0.2, 0.25) is 0 Å². The van der Waals surface area contributed by atoms with Gasteiger partial charge in [0, 0.05) is 19.6 Å². The minimum Gasteiger partial charge on any atom is -0.481 e. The van der Waals surface area contributed by atoms with Gasteiger partial charge < -0.3 is 14.9 Å². The van der Waals surface area contributed by atoms with Crippen molar-refractivity contribution < 1.29 is 9.90 Å². The third-order valence-corrected chi connectivity index (χ3v) is 3.54. The minimum atomic E-state index is -0.717. The van der Waals surface area contributed by atoms with Crippen LogP contribution in [0.5, 0.6) is 0 Å². The Bertz CT molecular complexity index is 266. The van der Waals surface area contributed by atoms with Gasteiger partial charge in [0.1, 0.15) is 0 Å². The zero-order valence-electron chi connectivity index (χ0n) is 11.6. The van der Waals surface area contributed by atoms with Gasteiger partial charge in [-0.2, -0.15) is 0 Å². The standard InChI is InChI=1S/C13H26N2O2/c1-13(2,12(16)17)10-15(4)9-11-6-5-7-14(3)8-11/h11H,5-10H2,1-4H3,(H,16,17). The van der Waals surface area contributed by atoms with E-state index in [9.17, 15) is 4.79 Å². The van der Waals surface area contributed by atoms with Gasteiger partial charge in [-0.3, -0.25) is 4.79 Å². The maximum atomic E-state index is 11.1. The summed E-state index contributed by atoms with van der Waals surface area (Å²) in [4.78, 5) is 15.6. The fraction of sp³-hybridized carbons (Fsp3) is 0.923. The zero-order valence-corrected chi connectivity index (χ0v) is 11.6. The highest BCUT2D eigenvalue weighted by Crippen LogP contribution is 2.20. The van der Waals surface area contributed by atoms with Crippen LogP contribution in [-0.2, 0) is 4.79 Å². The third kappa shape index (κ3) is 4.64. The molecule has 17 heavy (non-hydrogen) atoms. The second kappa shape index (κ2) is 5.83. The van der Waals surface area contributed by atoms with E-state index in [0.717, 1.165) is 13.1 Å². The first-order valence-electron chi connectivity index (χ1n) is 6.42. The quantitative estimate of drug-likeness (QED) is 0.791. The van der Waals surface area contributed by atoms with Gasteiger partial charge in [-0.05, 0) is 53.2 Å². The molecule has 0 aromatic rings. The molecule has 0 radical (unpaired) electrons. The zero-order chi connectivity index (χ0) is 13.1. The summed E-state index contributed by atoms with van der Waals surface area (Å²) in [5, 5.41) is 9.10. The molecule has 1 unspecified atom stereocenters. The Balaban J connectivity index is 2.38. The van der Waals surface area contributed by atoms with Crippen LogP contribution >= 0.6 is 0 Å². The SMILES string of the molecule is CN1CCCC(CN(C)CC(C)(C)C(=O)O)C1. The van der Waals surface area contributed by atoms with E-state index in [1.165, 1.54) is 19.4 Å². The van der Waals surface area contributed by atoms with Crippen LogP contribution in [0, 0.1) is 11.3 Å². The summed E-state index contributed by atoms with van der Waals surface area (Å²) in [7, 11) is 4.19. The van der Waals surface area contributed by atoms with Crippen molar-refractivity contribution in [2.24, 2.45) is 11.3 Å². The number of likely N-dealkylation sites (tertiary alicyclic amines) is 1. The van der Waals surface area contributed by atoms with E-state index in [0.29, 0.717) is 12.5 Å². The Morgan fingerprint density at radius 1 is 1.53 bits per heavy atom. The molecule has 0 aromatic carbocycles. The van der Waals surface area contributed by atoms with Crippen molar-refractivity contribution in [2.75, 3.05) is 40.3 Å². The highest BCUT2D eigenvalue weighted by Gasteiger charge is 2.29. The Morgan fingerprint density at radius 2 is 2.18 bits per heavy atom. The molecule has 0 saturated carbocycles. The Labute approximate surface area is 105 Å². The van der Waals surface area contributed by atoms with E-state index >= 15 is 0 Å². The summed E-state index contributed by atoms with van der Waals surface area (Å²) < 4.78 is 0. The molecule has 0 aromatic heterocycles. The predicted octanol–water partition coefficient (Wildman–Crippen LogP) is 1.37. The van der Waals surface area contributed by atoms with Crippen LogP contribution in [0.2, 0.25) is 0 Å². The highest BCUT2D eigenvalue weighted by molar-refractivity contribution is 5.73. The first-order valence-corrected chi connectivity index (χ1v) is 6.42. The largest absolute Gasteiger partial charge is 0.481 e. The molecule has 1 N–H and O–H groups in total. The molecule has 1 atom stereocenters. The van der Waals surface area contributed by atoms with Gasteiger partial charge in [-0.1, -0.05) is 0 Å². The summed E-state index contributed by atoms with van der Waals surface area (Å²) in [6.07, 6.45) is 2.53. The predicted molar refractivity (Wildman–Crippen MR) is 69.1 cm³/mol. The number of nitrogens with zero attached hydrogens (tertiary/aromatic N) is 2. The smallest absolute Gasteiger partial charge is 0.310 e. The van der Waals surface area contributed by atoms with Gasteiger partial charge >= 0.3 is 5.97 Å². The molecule has 0 bridgehead atoms.